The van der Waals surface area contributed by atoms with Crippen LogP contribution in [0.4, 0.5) is 9.28 Å². The van der Waals surface area contributed by atoms with E-state index < -0.39 is 6.17 Å². The Morgan fingerprint density at radius 3 is 1.59 bits per heavy atom. The number of halogens is 1. The molecule has 1 atom stereocenters. The number of hydrogen-bond donors (Lipinski definition) is 1. The number of amides is 2. The first kappa shape index (κ1) is 29.0. The second kappa shape index (κ2) is 19.9. The van der Waals surface area contributed by atoms with Gasteiger partial charge in [0.25, 0.3) is 0 Å². The summed E-state index contributed by atoms with van der Waals surface area (Å²) >= 11 is 0. The SMILES string of the molecule is C=C.CC.CCC(C)C.CNC(=O)N(C)C(C(C)C)N(C)F. The van der Waals surface area contributed by atoms with Crippen LogP contribution in [0.5, 0.6) is 0 Å². The monoisotopic (exact) mass is 321 g/mol. The van der Waals surface area contributed by atoms with Crippen molar-refractivity contribution in [3.63, 3.8) is 0 Å². The van der Waals surface area contributed by atoms with Crippen molar-refractivity contribution in [2.45, 2.75) is 61.1 Å². The summed E-state index contributed by atoms with van der Waals surface area (Å²) in [5.41, 5.74) is 0. The Bertz CT molecular complexity index is 226. The van der Waals surface area contributed by atoms with E-state index in [-0.39, 0.29) is 11.9 Å². The van der Waals surface area contributed by atoms with Gasteiger partial charge in [-0.2, -0.15) is 0 Å². The smallest absolute Gasteiger partial charge is 0.318 e. The highest BCUT2D eigenvalue weighted by atomic mass is 19.2. The second-order valence-corrected chi connectivity index (χ2v) is 5.15. The largest absolute Gasteiger partial charge is 0.341 e. The first-order valence-corrected chi connectivity index (χ1v) is 8.02. The highest BCUT2D eigenvalue weighted by Gasteiger charge is 2.26. The molecule has 136 valence electrons. The Labute approximate surface area is 138 Å². The number of rotatable bonds is 4. The van der Waals surface area contributed by atoms with Gasteiger partial charge in [-0.25, -0.2) is 4.79 Å². The fourth-order valence-corrected chi connectivity index (χ4v) is 1.39. The molecule has 0 aromatic rings. The molecule has 0 fully saturated rings. The molecule has 0 radical (unpaired) electrons. The normalized spacial score (nSPS) is 10.5. The summed E-state index contributed by atoms with van der Waals surface area (Å²) in [6.45, 7) is 20.4. The predicted octanol–water partition coefficient (Wildman–Crippen LogP) is 4.94. The molecule has 0 spiro atoms. The molecule has 0 saturated carbocycles. The second-order valence-electron chi connectivity index (χ2n) is 5.15. The first-order chi connectivity index (χ1) is 10.2. The van der Waals surface area contributed by atoms with Crippen LogP contribution in [0.15, 0.2) is 13.2 Å². The van der Waals surface area contributed by atoms with Gasteiger partial charge in [0.1, 0.15) is 6.17 Å². The molecule has 0 heterocycles. The Kier molecular flexibility index (Phi) is 26.2. The number of carbonyl (C=O) groups excluding carboxylic acids is 1. The van der Waals surface area contributed by atoms with E-state index in [0.29, 0.717) is 5.12 Å². The third-order valence-electron chi connectivity index (χ3n) is 2.71. The van der Waals surface area contributed by atoms with Crippen LogP contribution in [0.25, 0.3) is 0 Å². The van der Waals surface area contributed by atoms with Gasteiger partial charge >= 0.3 is 6.03 Å². The van der Waals surface area contributed by atoms with Crippen molar-refractivity contribution in [2.75, 3.05) is 21.1 Å². The maximum absolute atomic E-state index is 13.0. The van der Waals surface area contributed by atoms with Crippen LogP contribution in [-0.2, 0) is 0 Å². The molecular weight excluding hydrogens is 281 g/mol. The van der Waals surface area contributed by atoms with Crippen LogP contribution in [-0.4, -0.2) is 43.4 Å². The van der Waals surface area contributed by atoms with Crippen LogP contribution in [0.3, 0.4) is 0 Å². The average molecular weight is 322 g/mol. The summed E-state index contributed by atoms with van der Waals surface area (Å²) in [4.78, 5) is 12.5. The minimum atomic E-state index is -0.528. The van der Waals surface area contributed by atoms with Crippen molar-refractivity contribution in [1.29, 1.82) is 0 Å². The molecule has 0 aliphatic heterocycles. The number of nitrogens with zero attached hydrogens (tertiary/aromatic N) is 2. The highest BCUT2D eigenvalue weighted by molar-refractivity contribution is 5.73. The summed E-state index contributed by atoms with van der Waals surface area (Å²) in [7, 11) is 4.40. The van der Waals surface area contributed by atoms with Crippen LogP contribution in [0, 0.1) is 11.8 Å². The molecule has 0 aromatic carbocycles. The first-order valence-electron chi connectivity index (χ1n) is 8.02. The van der Waals surface area contributed by atoms with E-state index in [1.54, 1.807) is 7.05 Å². The molecule has 5 heteroatoms. The summed E-state index contributed by atoms with van der Waals surface area (Å²) in [6.07, 6.45) is 0.778. The van der Waals surface area contributed by atoms with Crippen molar-refractivity contribution in [2.24, 2.45) is 11.8 Å². The molecular formula is C17H40FN3O. The molecule has 4 nitrogen and oxygen atoms in total. The lowest BCUT2D eigenvalue weighted by molar-refractivity contribution is -0.0666. The van der Waals surface area contributed by atoms with Gasteiger partial charge in [-0.1, -0.05) is 54.9 Å². The summed E-state index contributed by atoms with van der Waals surface area (Å²) in [5, 5.41) is 2.99. The fraction of sp³-hybridized carbons (Fsp3) is 0.824. The standard InChI is InChI=1S/C8H18FN3O.C5H12.C2H6.C2H4/c1-6(2)7(12(5)9)11(4)8(13)10-3;1-4-5(2)3;2*1-2/h6-7H,1-5H3,(H,10,13);5H,4H2,1-3H3;1-2H3;1-2H2. The molecule has 0 bridgehead atoms. The Hall–Kier alpha value is -1.10. The van der Waals surface area contributed by atoms with E-state index in [9.17, 15) is 9.28 Å². The minimum Gasteiger partial charge on any atom is -0.341 e. The van der Waals surface area contributed by atoms with E-state index in [1.807, 2.05) is 27.7 Å². The predicted molar refractivity (Wildman–Crippen MR) is 97.4 cm³/mol. The Morgan fingerprint density at radius 2 is 1.45 bits per heavy atom. The van der Waals surface area contributed by atoms with Crippen molar-refractivity contribution < 1.29 is 9.28 Å². The molecule has 0 saturated heterocycles. The number of urea groups is 1. The van der Waals surface area contributed by atoms with Crippen LogP contribution < -0.4 is 5.32 Å². The van der Waals surface area contributed by atoms with E-state index in [1.165, 1.54) is 25.4 Å². The zero-order chi connectivity index (χ0) is 18.9. The van der Waals surface area contributed by atoms with Gasteiger partial charge in [0.15, 0.2) is 0 Å². The molecule has 1 unspecified atom stereocenters. The van der Waals surface area contributed by atoms with Gasteiger partial charge in [0, 0.05) is 21.1 Å². The molecule has 2 amide bonds. The van der Waals surface area contributed by atoms with Gasteiger partial charge in [-0.05, 0) is 11.8 Å². The quantitative estimate of drug-likeness (QED) is 0.452. The average Bonchev–Trinajstić information content (AvgIpc) is 2.50. The van der Waals surface area contributed by atoms with Crippen molar-refractivity contribution >= 4 is 6.03 Å². The van der Waals surface area contributed by atoms with Crippen molar-refractivity contribution in [3.05, 3.63) is 13.2 Å². The molecule has 22 heavy (non-hydrogen) atoms. The van der Waals surface area contributed by atoms with Gasteiger partial charge in [-0.3, -0.25) is 0 Å². The van der Waals surface area contributed by atoms with E-state index in [2.05, 4.69) is 39.2 Å². The summed E-state index contributed by atoms with van der Waals surface area (Å²) in [5.74, 6) is 0.923. The van der Waals surface area contributed by atoms with Gasteiger partial charge in [-0.15, -0.1) is 22.8 Å². The lowest BCUT2D eigenvalue weighted by Gasteiger charge is -2.32. The topological polar surface area (TPSA) is 35.6 Å². The zero-order valence-electron chi connectivity index (χ0n) is 16.5. The number of hydrogen-bond acceptors (Lipinski definition) is 2. The molecule has 0 aliphatic rings. The molecule has 1 N–H and O–H groups in total. The maximum atomic E-state index is 13.0. The lowest BCUT2D eigenvalue weighted by atomic mass is 10.1. The Balaban J connectivity index is -0.000000150. The van der Waals surface area contributed by atoms with Gasteiger partial charge in [0.05, 0.1) is 0 Å². The van der Waals surface area contributed by atoms with Crippen LogP contribution in [0.2, 0.25) is 0 Å². The molecule has 0 aliphatic carbocycles. The third kappa shape index (κ3) is 17.0. The van der Waals surface area contributed by atoms with Gasteiger partial charge < -0.3 is 10.2 Å². The maximum Gasteiger partial charge on any atom is 0.318 e. The summed E-state index contributed by atoms with van der Waals surface area (Å²) < 4.78 is 13.0. The van der Waals surface area contributed by atoms with Gasteiger partial charge in [0.2, 0.25) is 0 Å². The fourth-order valence-electron chi connectivity index (χ4n) is 1.39. The van der Waals surface area contributed by atoms with Crippen molar-refractivity contribution in [1.82, 2.24) is 15.3 Å². The zero-order valence-corrected chi connectivity index (χ0v) is 16.5. The lowest BCUT2D eigenvalue weighted by Crippen LogP contribution is -2.50. The number of carbonyl (C=O) groups is 1. The van der Waals surface area contributed by atoms with Crippen molar-refractivity contribution in [3.8, 4) is 0 Å². The van der Waals surface area contributed by atoms with E-state index in [4.69, 9.17) is 0 Å². The summed E-state index contributed by atoms with van der Waals surface area (Å²) in [6, 6.07) is -0.289. The van der Waals surface area contributed by atoms with Crippen LogP contribution in [0.1, 0.15) is 54.9 Å². The van der Waals surface area contributed by atoms with E-state index in [0.717, 1.165) is 5.92 Å². The minimum absolute atomic E-state index is 0.0392. The number of nitrogens with one attached hydrogen (secondary N) is 1. The molecule has 0 rings (SSSR count). The van der Waals surface area contributed by atoms with Crippen LogP contribution >= 0.6 is 0 Å². The van der Waals surface area contributed by atoms with E-state index >= 15 is 0 Å². The third-order valence-corrected chi connectivity index (χ3v) is 2.71. The Morgan fingerprint density at radius 1 is 1.14 bits per heavy atom. The highest BCUT2D eigenvalue weighted by Crippen LogP contribution is 2.12. The molecule has 0 aromatic heterocycles.